The number of hydrogen-bond donors (Lipinski definition) is 0. The van der Waals surface area contributed by atoms with Gasteiger partial charge in [0, 0.05) is 17.8 Å². The number of ether oxygens (including phenoxy) is 2. The van der Waals surface area contributed by atoms with Crippen LogP contribution in [-0.2, 0) is 12.8 Å². The second-order valence-corrected chi connectivity index (χ2v) is 8.17. The molecule has 5 aromatic rings. The molecule has 0 amide bonds. The summed E-state index contributed by atoms with van der Waals surface area (Å²) in [5.41, 5.74) is 1.41. The molecule has 0 aliphatic rings. The average Bonchev–Trinajstić information content (AvgIpc) is 3.28. The minimum atomic E-state index is -4.58. The van der Waals surface area contributed by atoms with E-state index >= 15 is 0 Å². The van der Waals surface area contributed by atoms with Gasteiger partial charge < -0.3 is 9.47 Å². The highest BCUT2D eigenvalue weighted by Gasteiger charge is 2.33. The van der Waals surface area contributed by atoms with Gasteiger partial charge in [-0.3, -0.25) is 4.40 Å². The maximum absolute atomic E-state index is 13.2. The van der Waals surface area contributed by atoms with E-state index in [2.05, 4.69) is 9.97 Å². The van der Waals surface area contributed by atoms with Crippen molar-refractivity contribution in [1.29, 1.82) is 0 Å². The Morgan fingerprint density at radius 2 is 1.61 bits per heavy atom. The Labute approximate surface area is 207 Å². The fourth-order valence-corrected chi connectivity index (χ4v) is 3.73. The van der Waals surface area contributed by atoms with Gasteiger partial charge in [-0.1, -0.05) is 23.7 Å². The SMILES string of the molecule is Fc1ccc(-c2cnc3nc(OCc4ccc(Oc5ccc(Cl)c(C(F)(F)F)c5)cc4)ccn23)cc1. The first-order valence-electron chi connectivity index (χ1n) is 10.6. The van der Waals surface area contributed by atoms with E-state index in [1.807, 2.05) is 0 Å². The van der Waals surface area contributed by atoms with Crippen molar-refractivity contribution in [1.82, 2.24) is 14.4 Å². The zero-order valence-electron chi connectivity index (χ0n) is 18.3. The number of fused-ring (bicyclic) bond motifs is 1. The molecule has 36 heavy (non-hydrogen) atoms. The van der Waals surface area contributed by atoms with Crippen LogP contribution >= 0.6 is 11.6 Å². The molecular weight excluding hydrogens is 498 g/mol. The summed E-state index contributed by atoms with van der Waals surface area (Å²) in [5.74, 6) is 0.852. The van der Waals surface area contributed by atoms with Crippen molar-refractivity contribution in [2.45, 2.75) is 12.8 Å². The molecule has 5 rings (SSSR count). The van der Waals surface area contributed by atoms with Gasteiger partial charge in [-0.2, -0.15) is 18.2 Å². The van der Waals surface area contributed by atoms with Crippen molar-refractivity contribution in [3.05, 3.63) is 107 Å². The molecule has 0 N–H and O–H groups in total. The average molecular weight is 514 g/mol. The van der Waals surface area contributed by atoms with Crippen LogP contribution in [0, 0.1) is 5.82 Å². The molecule has 0 atom stereocenters. The normalized spacial score (nSPS) is 11.6. The first kappa shape index (κ1) is 23.6. The van der Waals surface area contributed by atoms with Crippen molar-refractivity contribution in [3.63, 3.8) is 0 Å². The lowest BCUT2D eigenvalue weighted by atomic mass is 10.2. The van der Waals surface area contributed by atoms with Crippen molar-refractivity contribution in [2.24, 2.45) is 0 Å². The topological polar surface area (TPSA) is 48.7 Å². The molecule has 182 valence electrons. The second-order valence-electron chi connectivity index (χ2n) is 7.76. The molecule has 2 aromatic heterocycles. The number of aromatic nitrogens is 3. The van der Waals surface area contributed by atoms with Crippen LogP contribution in [0.2, 0.25) is 5.02 Å². The predicted octanol–water partition coefficient (Wildman–Crippen LogP) is 7.58. The molecule has 0 aliphatic carbocycles. The summed E-state index contributed by atoms with van der Waals surface area (Å²) in [6, 6.07) is 17.9. The van der Waals surface area contributed by atoms with Crippen LogP contribution in [0.15, 0.2) is 85.2 Å². The second kappa shape index (κ2) is 9.50. The summed E-state index contributed by atoms with van der Waals surface area (Å²) >= 11 is 5.64. The van der Waals surface area contributed by atoms with Gasteiger partial charge in [0.15, 0.2) is 0 Å². The number of imidazole rings is 1. The molecule has 5 nitrogen and oxygen atoms in total. The van der Waals surface area contributed by atoms with Gasteiger partial charge in [-0.15, -0.1) is 0 Å². The third kappa shape index (κ3) is 5.11. The number of halogens is 5. The van der Waals surface area contributed by atoms with Crippen LogP contribution in [0.25, 0.3) is 17.0 Å². The molecule has 0 aliphatic heterocycles. The van der Waals surface area contributed by atoms with Gasteiger partial charge in [0.05, 0.1) is 22.5 Å². The molecule has 0 unspecified atom stereocenters. The molecule has 0 saturated heterocycles. The van der Waals surface area contributed by atoms with Gasteiger partial charge >= 0.3 is 6.18 Å². The zero-order chi connectivity index (χ0) is 25.3. The number of nitrogens with zero attached hydrogens (tertiary/aromatic N) is 3. The highest BCUT2D eigenvalue weighted by atomic mass is 35.5. The number of benzene rings is 3. The van der Waals surface area contributed by atoms with Crippen LogP contribution in [0.4, 0.5) is 17.6 Å². The molecule has 10 heteroatoms. The van der Waals surface area contributed by atoms with Crippen LogP contribution in [0.1, 0.15) is 11.1 Å². The maximum atomic E-state index is 13.2. The quantitative estimate of drug-likeness (QED) is 0.220. The summed E-state index contributed by atoms with van der Waals surface area (Å²) in [6.07, 6.45) is -1.16. The summed E-state index contributed by atoms with van der Waals surface area (Å²) in [7, 11) is 0. The monoisotopic (exact) mass is 513 g/mol. The smallest absolute Gasteiger partial charge is 0.417 e. The van der Waals surface area contributed by atoms with E-state index < -0.39 is 16.8 Å². The predicted molar refractivity (Wildman–Crippen MR) is 126 cm³/mol. The summed E-state index contributed by atoms with van der Waals surface area (Å²) in [6.45, 7) is 0.203. The Morgan fingerprint density at radius 1 is 0.889 bits per heavy atom. The standard InChI is InChI=1S/C26H16ClF4N3O2/c27-22-10-9-20(13-21(22)26(29,30)31)36-19-7-1-16(2-8-19)15-35-24-11-12-34-23(14-32-25(34)33-24)17-3-5-18(28)6-4-17/h1-14H,15H2. The van der Waals surface area contributed by atoms with Crippen LogP contribution < -0.4 is 9.47 Å². The molecule has 0 spiro atoms. The molecule has 0 bridgehead atoms. The Bertz CT molecular complexity index is 1520. The zero-order valence-corrected chi connectivity index (χ0v) is 19.1. The van der Waals surface area contributed by atoms with Gasteiger partial charge in [0.25, 0.3) is 0 Å². The van der Waals surface area contributed by atoms with E-state index in [4.69, 9.17) is 21.1 Å². The summed E-state index contributed by atoms with van der Waals surface area (Å²) < 4.78 is 65.4. The van der Waals surface area contributed by atoms with Crippen molar-refractivity contribution in [2.75, 3.05) is 0 Å². The third-order valence-electron chi connectivity index (χ3n) is 5.28. The maximum Gasteiger partial charge on any atom is 0.417 e. The lowest BCUT2D eigenvalue weighted by molar-refractivity contribution is -0.137. The van der Waals surface area contributed by atoms with Crippen LogP contribution in [0.3, 0.4) is 0 Å². The first-order chi connectivity index (χ1) is 17.3. The Balaban J connectivity index is 1.24. The highest BCUT2D eigenvalue weighted by Crippen LogP contribution is 2.37. The van der Waals surface area contributed by atoms with E-state index in [1.54, 1.807) is 59.3 Å². The van der Waals surface area contributed by atoms with E-state index in [-0.39, 0.29) is 18.2 Å². The van der Waals surface area contributed by atoms with E-state index in [0.29, 0.717) is 17.4 Å². The van der Waals surface area contributed by atoms with Gasteiger partial charge in [-0.05, 0) is 60.2 Å². The summed E-state index contributed by atoms with van der Waals surface area (Å²) in [4.78, 5) is 8.68. The highest BCUT2D eigenvalue weighted by molar-refractivity contribution is 6.31. The molecule has 0 fully saturated rings. The fraction of sp³-hybridized carbons (Fsp3) is 0.0769. The Morgan fingerprint density at radius 3 is 2.33 bits per heavy atom. The fourth-order valence-electron chi connectivity index (χ4n) is 3.50. The number of hydrogen-bond acceptors (Lipinski definition) is 4. The van der Waals surface area contributed by atoms with Crippen molar-refractivity contribution in [3.8, 4) is 28.6 Å². The minimum Gasteiger partial charge on any atom is -0.473 e. The number of alkyl halides is 3. The van der Waals surface area contributed by atoms with E-state index in [1.165, 1.54) is 18.2 Å². The van der Waals surface area contributed by atoms with Gasteiger partial charge in [-0.25, -0.2) is 9.37 Å². The first-order valence-corrected chi connectivity index (χ1v) is 11.0. The van der Waals surface area contributed by atoms with E-state index in [0.717, 1.165) is 29.0 Å². The van der Waals surface area contributed by atoms with E-state index in [9.17, 15) is 17.6 Å². The Hall–Kier alpha value is -4.11. The molecule has 2 heterocycles. The van der Waals surface area contributed by atoms with Crippen LogP contribution in [-0.4, -0.2) is 14.4 Å². The lowest BCUT2D eigenvalue weighted by Crippen LogP contribution is -2.05. The minimum absolute atomic E-state index is 0.0212. The van der Waals surface area contributed by atoms with Crippen molar-refractivity contribution < 1.29 is 27.0 Å². The molecule has 0 saturated carbocycles. The molecule has 3 aromatic carbocycles. The van der Waals surface area contributed by atoms with Gasteiger partial charge in [0.2, 0.25) is 11.7 Å². The molecule has 0 radical (unpaired) electrons. The van der Waals surface area contributed by atoms with Crippen LogP contribution in [0.5, 0.6) is 17.4 Å². The third-order valence-corrected chi connectivity index (χ3v) is 5.61. The lowest BCUT2D eigenvalue weighted by Gasteiger charge is -2.12. The molecular formula is C26H16ClF4N3O2. The largest absolute Gasteiger partial charge is 0.473 e. The van der Waals surface area contributed by atoms with Gasteiger partial charge in [0.1, 0.15) is 23.9 Å². The summed E-state index contributed by atoms with van der Waals surface area (Å²) in [5, 5.41) is -0.392. The Kier molecular flexibility index (Phi) is 6.24. The number of rotatable bonds is 6. The van der Waals surface area contributed by atoms with Crippen molar-refractivity contribution >= 4 is 17.4 Å².